The van der Waals surface area contributed by atoms with Crippen LogP contribution in [0.2, 0.25) is 5.02 Å². The predicted octanol–water partition coefficient (Wildman–Crippen LogP) is 3.03. The van der Waals surface area contributed by atoms with Crippen LogP contribution in [0.5, 0.6) is 0 Å². The summed E-state index contributed by atoms with van der Waals surface area (Å²) >= 11 is 5.81. The minimum Gasteiger partial charge on any atom is -0.387 e. The molecule has 1 heterocycles. The summed E-state index contributed by atoms with van der Waals surface area (Å²) in [4.78, 5) is 12.0. The molecule has 1 aromatic heterocycles. The van der Waals surface area contributed by atoms with E-state index in [1.54, 1.807) is 24.3 Å². The molecule has 0 aliphatic carbocycles. The Balaban J connectivity index is 1.92. The molecule has 2 rings (SSSR count). The van der Waals surface area contributed by atoms with Gasteiger partial charge >= 0.3 is 6.03 Å². The average Bonchev–Trinajstić information content (AvgIpc) is 2.80. The fourth-order valence-corrected chi connectivity index (χ4v) is 2.46. The number of aryl methyl sites for hydroxylation is 2. The van der Waals surface area contributed by atoms with E-state index in [9.17, 15) is 9.90 Å². The smallest absolute Gasteiger partial charge is 0.319 e. The van der Waals surface area contributed by atoms with E-state index >= 15 is 0 Å². The maximum Gasteiger partial charge on any atom is 0.319 e. The molecule has 124 valence electrons. The number of carbonyl (C=O) groups is 1. The fourth-order valence-electron chi connectivity index (χ4n) is 2.34. The van der Waals surface area contributed by atoms with Gasteiger partial charge in [0.25, 0.3) is 0 Å². The van der Waals surface area contributed by atoms with Crippen LogP contribution < -0.4 is 10.6 Å². The quantitative estimate of drug-likeness (QED) is 0.785. The summed E-state index contributed by atoms with van der Waals surface area (Å²) in [5.41, 5.74) is 3.06. The van der Waals surface area contributed by atoms with Gasteiger partial charge in [-0.05, 0) is 38.5 Å². The molecular weight excluding hydrogens is 316 g/mol. The SMILES string of the molecule is CCn1nc(C)c(NC(=O)NCC(O)c2ccc(Cl)cc2)c1C. The third-order valence-corrected chi connectivity index (χ3v) is 3.88. The van der Waals surface area contributed by atoms with Gasteiger partial charge in [-0.3, -0.25) is 4.68 Å². The highest BCUT2D eigenvalue weighted by Crippen LogP contribution is 2.19. The van der Waals surface area contributed by atoms with E-state index in [-0.39, 0.29) is 12.6 Å². The van der Waals surface area contributed by atoms with E-state index < -0.39 is 6.10 Å². The van der Waals surface area contributed by atoms with E-state index in [1.807, 2.05) is 25.5 Å². The van der Waals surface area contributed by atoms with Crippen LogP contribution in [-0.4, -0.2) is 27.5 Å². The van der Waals surface area contributed by atoms with E-state index in [2.05, 4.69) is 15.7 Å². The Morgan fingerprint density at radius 1 is 1.35 bits per heavy atom. The number of hydrogen-bond donors (Lipinski definition) is 3. The van der Waals surface area contributed by atoms with E-state index in [0.29, 0.717) is 16.3 Å². The first kappa shape index (κ1) is 17.3. The molecule has 3 N–H and O–H groups in total. The van der Waals surface area contributed by atoms with Crippen LogP contribution in [0.4, 0.5) is 10.5 Å². The van der Waals surface area contributed by atoms with Crippen molar-refractivity contribution in [2.75, 3.05) is 11.9 Å². The number of nitrogens with zero attached hydrogens (tertiary/aromatic N) is 2. The third-order valence-electron chi connectivity index (χ3n) is 3.63. The monoisotopic (exact) mass is 336 g/mol. The number of anilines is 1. The Morgan fingerprint density at radius 2 is 2.00 bits per heavy atom. The molecule has 0 spiro atoms. The minimum absolute atomic E-state index is 0.105. The maximum atomic E-state index is 12.0. The lowest BCUT2D eigenvalue weighted by Gasteiger charge is -2.13. The number of rotatable bonds is 5. The van der Waals surface area contributed by atoms with Crippen molar-refractivity contribution in [2.45, 2.75) is 33.4 Å². The van der Waals surface area contributed by atoms with Gasteiger partial charge in [-0.15, -0.1) is 0 Å². The van der Waals surface area contributed by atoms with Crippen molar-refractivity contribution in [1.29, 1.82) is 0 Å². The number of benzene rings is 1. The molecule has 1 atom stereocenters. The molecule has 0 bridgehead atoms. The van der Waals surface area contributed by atoms with Crippen molar-refractivity contribution in [1.82, 2.24) is 15.1 Å². The standard InChI is InChI=1S/C16H21ClN4O2/c1-4-21-11(3)15(10(2)20-21)19-16(23)18-9-14(22)12-5-7-13(17)8-6-12/h5-8,14,22H,4,9H2,1-3H3,(H2,18,19,23). The molecule has 1 unspecified atom stereocenters. The normalized spacial score (nSPS) is 12.0. The van der Waals surface area contributed by atoms with Gasteiger partial charge in [0.15, 0.2) is 0 Å². The average molecular weight is 337 g/mol. The van der Waals surface area contributed by atoms with Crippen molar-refractivity contribution in [2.24, 2.45) is 0 Å². The molecule has 2 aromatic rings. The number of halogens is 1. The Labute approximate surface area is 140 Å². The molecular formula is C16H21ClN4O2. The number of aromatic nitrogens is 2. The lowest BCUT2D eigenvalue weighted by atomic mass is 10.1. The summed E-state index contributed by atoms with van der Waals surface area (Å²) in [7, 11) is 0. The zero-order chi connectivity index (χ0) is 17.0. The van der Waals surface area contributed by atoms with Crippen molar-refractivity contribution in [3.63, 3.8) is 0 Å². The van der Waals surface area contributed by atoms with Crippen LogP contribution >= 0.6 is 11.6 Å². The Morgan fingerprint density at radius 3 is 2.57 bits per heavy atom. The van der Waals surface area contributed by atoms with Crippen LogP contribution in [0.3, 0.4) is 0 Å². The Bertz CT molecular complexity index is 682. The zero-order valence-electron chi connectivity index (χ0n) is 13.4. The summed E-state index contributed by atoms with van der Waals surface area (Å²) in [6.07, 6.45) is -0.793. The summed E-state index contributed by atoms with van der Waals surface area (Å²) in [5, 5.41) is 20.5. The van der Waals surface area contributed by atoms with Crippen LogP contribution in [0, 0.1) is 13.8 Å². The topological polar surface area (TPSA) is 79.2 Å². The van der Waals surface area contributed by atoms with Crippen molar-refractivity contribution in [3.05, 3.63) is 46.2 Å². The molecule has 6 nitrogen and oxygen atoms in total. The number of aliphatic hydroxyl groups is 1. The lowest BCUT2D eigenvalue weighted by Crippen LogP contribution is -2.32. The van der Waals surface area contributed by atoms with Crippen molar-refractivity contribution >= 4 is 23.3 Å². The van der Waals surface area contributed by atoms with Gasteiger partial charge in [0.1, 0.15) is 0 Å². The lowest BCUT2D eigenvalue weighted by molar-refractivity contribution is 0.175. The Kier molecular flexibility index (Phi) is 5.63. The van der Waals surface area contributed by atoms with Crippen molar-refractivity contribution in [3.8, 4) is 0 Å². The summed E-state index contributed by atoms with van der Waals surface area (Å²) in [5.74, 6) is 0. The van der Waals surface area contributed by atoms with E-state index in [0.717, 1.165) is 17.9 Å². The highest BCUT2D eigenvalue weighted by molar-refractivity contribution is 6.30. The number of nitrogens with one attached hydrogen (secondary N) is 2. The molecule has 2 amide bonds. The number of amides is 2. The second-order valence-corrected chi connectivity index (χ2v) is 5.70. The second kappa shape index (κ2) is 7.48. The van der Waals surface area contributed by atoms with Crippen LogP contribution in [-0.2, 0) is 6.54 Å². The molecule has 0 radical (unpaired) electrons. The van der Waals surface area contributed by atoms with Gasteiger partial charge < -0.3 is 15.7 Å². The van der Waals surface area contributed by atoms with Gasteiger partial charge in [-0.2, -0.15) is 5.10 Å². The van der Waals surface area contributed by atoms with E-state index in [1.165, 1.54) is 0 Å². The molecule has 0 saturated carbocycles. The number of hydrogen-bond acceptors (Lipinski definition) is 3. The number of aliphatic hydroxyl groups excluding tert-OH is 1. The number of carbonyl (C=O) groups excluding carboxylic acids is 1. The number of urea groups is 1. The first-order chi connectivity index (χ1) is 10.9. The first-order valence-corrected chi connectivity index (χ1v) is 7.82. The molecule has 0 fully saturated rings. The van der Waals surface area contributed by atoms with Gasteiger partial charge in [0.05, 0.1) is 23.2 Å². The highest BCUT2D eigenvalue weighted by atomic mass is 35.5. The van der Waals surface area contributed by atoms with Gasteiger partial charge in [-0.1, -0.05) is 23.7 Å². The van der Waals surface area contributed by atoms with E-state index in [4.69, 9.17) is 11.6 Å². The first-order valence-electron chi connectivity index (χ1n) is 7.44. The molecule has 0 aliphatic rings. The predicted molar refractivity (Wildman–Crippen MR) is 90.8 cm³/mol. The third kappa shape index (κ3) is 4.24. The summed E-state index contributed by atoms with van der Waals surface area (Å²) < 4.78 is 1.83. The summed E-state index contributed by atoms with van der Waals surface area (Å²) in [6, 6.07) is 6.48. The van der Waals surface area contributed by atoms with Crippen molar-refractivity contribution < 1.29 is 9.90 Å². The van der Waals surface area contributed by atoms with Gasteiger partial charge in [-0.25, -0.2) is 4.79 Å². The van der Waals surface area contributed by atoms with Crippen LogP contribution in [0.1, 0.15) is 30.0 Å². The fraction of sp³-hybridized carbons (Fsp3) is 0.375. The maximum absolute atomic E-state index is 12.0. The molecule has 1 aromatic carbocycles. The molecule has 0 aliphatic heterocycles. The molecule has 7 heteroatoms. The second-order valence-electron chi connectivity index (χ2n) is 5.26. The van der Waals surface area contributed by atoms with Crippen LogP contribution in [0.25, 0.3) is 0 Å². The van der Waals surface area contributed by atoms with Gasteiger partial charge in [0.2, 0.25) is 0 Å². The largest absolute Gasteiger partial charge is 0.387 e. The highest BCUT2D eigenvalue weighted by Gasteiger charge is 2.14. The zero-order valence-corrected chi connectivity index (χ0v) is 14.2. The summed E-state index contributed by atoms with van der Waals surface area (Å²) in [6.45, 7) is 6.59. The van der Waals surface area contributed by atoms with Gasteiger partial charge in [0, 0.05) is 18.1 Å². The Hall–Kier alpha value is -2.05. The molecule has 0 saturated heterocycles. The molecule has 23 heavy (non-hydrogen) atoms. The van der Waals surface area contributed by atoms with Crippen LogP contribution in [0.15, 0.2) is 24.3 Å². The minimum atomic E-state index is -0.793.